The van der Waals surface area contributed by atoms with Crippen LogP contribution in [-0.4, -0.2) is 63.1 Å². The minimum Gasteiger partial charge on any atom is -0.497 e. The van der Waals surface area contributed by atoms with E-state index in [1.165, 1.54) is 0 Å². The number of urea groups is 1. The summed E-state index contributed by atoms with van der Waals surface area (Å²) in [5, 5.41) is 2.91. The summed E-state index contributed by atoms with van der Waals surface area (Å²) >= 11 is 0. The van der Waals surface area contributed by atoms with Crippen LogP contribution in [0.25, 0.3) is 0 Å². The fraction of sp³-hybridized carbons (Fsp3) is 0.529. The molecule has 0 aliphatic carbocycles. The molecule has 3 amide bonds. The second-order valence-corrected chi connectivity index (χ2v) is 5.99. The fourth-order valence-electron chi connectivity index (χ4n) is 2.76. The summed E-state index contributed by atoms with van der Waals surface area (Å²) in [5.74, 6) is 1.06. The van der Waals surface area contributed by atoms with E-state index in [1.807, 2.05) is 0 Å². The van der Waals surface area contributed by atoms with E-state index >= 15 is 0 Å². The number of carbonyl (C=O) groups is 2. The number of ether oxygens (including phenoxy) is 2. The molecule has 132 valence electrons. The molecule has 1 fully saturated rings. The lowest BCUT2D eigenvalue weighted by Gasteiger charge is -2.33. The average Bonchev–Trinajstić information content (AvgIpc) is 2.60. The number of nitrogens with one attached hydrogen (secondary N) is 1. The molecule has 0 aromatic heterocycles. The Labute approximate surface area is 142 Å². The maximum absolute atomic E-state index is 12.5. The van der Waals surface area contributed by atoms with Crippen LogP contribution in [0.4, 0.5) is 10.5 Å². The van der Waals surface area contributed by atoms with Gasteiger partial charge in [0.15, 0.2) is 0 Å². The second kappa shape index (κ2) is 7.90. The molecule has 2 rings (SSSR count). The number of benzene rings is 1. The van der Waals surface area contributed by atoms with Crippen molar-refractivity contribution in [2.75, 3.05) is 46.7 Å². The van der Waals surface area contributed by atoms with Gasteiger partial charge in [0.2, 0.25) is 5.91 Å². The maximum atomic E-state index is 12.5. The first-order valence-corrected chi connectivity index (χ1v) is 7.95. The van der Waals surface area contributed by atoms with Gasteiger partial charge in [0.25, 0.3) is 0 Å². The van der Waals surface area contributed by atoms with E-state index < -0.39 is 0 Å². The Kier molecular flexibility index (Phi) is 5.89. The molecule has 0 saturated carbocycles. The standard InChI is InChI=1S/C17H25N3O4/c1-19(2)17(22)20-9-7-12(8-10-20)16(21)18-14-11-13(23-3)5-6-15(14)24-4/h5-6,11-12H,7-10H2,1-4H3,(H,18,21). The van der Waals surface area contributed by atoms with Crippen LogP contribution in [0, 0.1) is 5.92 Å². The van der Waals surface area contributed by atoms with Crippen molar-refractivity contribution in [3.8, 4) is 11.5 Å². The molecule has 24 heavy (non-hydrogen) atoms. The molecule has 1 aliphatic heterocycles. The van der Waals surface area contributed by atoms with Crippen LogP contribution in [0.2, 0.25) is 0 Å². The molecular formula is C17H25N3O4. The van der Waals surface area contributed by atoms with Gasteiger partial charge in [0.1, 0.15) is 11.5 Å². The van der Waals surface area contributed by atoms with E-state index in [4.69, 9.17) is 9.47 Å². The molecule has 1 saturated heterocycles. The number of hydrogen-bond acceptors (Lipinski definition) is 4. The largest absolute Gasteiger partial charge is 0.497 e. The lowest BCUT2D eigenvalue weighted by atomic mass is 9.96. The third kappa shape index (κ3) is 4.10. The first kappa shape index (κ1) is 17.9. The summed E-state index contributed by atoms with van der Waals surface area (Å²) in [7, 11) is 6.60. The summed E-state index contributed by atoms with van der Waals surface area (Å²) in [4.78, 5) is 27.8. The zero-order valence-corrected chi connectivity index (χ0v) is 14.7. The van der Waals surface area contributed by atoms with E-state index in [0.29, 0.717) is 43.1 Å². The summed E-state index contributed by atoms with van der Waals surface area (Å²) < 4.78 is 10.5. The highest BCUT2D eigenvalue weighted by Crippen LogP contribution is 2.30. The normalized spacial score (nSPS) is 14.9. The van der Waals surface area contributed by atoms with E-state index in [0.717, 1.165) is 0 Å². The SMILES string of the molecule is COc1ccc(OC)c(NC(=O)C2CCN(C(=O)N(C)C)CC2)c1. The summed E-state index contributed by atoms with van der Waals surface area (Å²) in [6.07, 6.45) is 1.30. The van der Waals surface area contributed by atoms with Crippen LogP contribution in [0.3, 0.4) is 0 Å². The molecule has 0 unspecified atom stereocenters. The van der Waals surface area contributed by atoms with Crippen LogP contribution in [0.15, 0.2) is 18.2 Å². The van der Waals surface area contributed by atoms with Crippen molar-refractivity contribution < 1.29 is 19.1 Å². The number of rotatable bonds is 4. The quantitative estimate of drug-likeness (QED) is 0.914. The van der Waals surface area contributed by atoms with E-state index in [1.54, 1.807) is 56.3 Å². The molecule has 1 aliphatic rings. The highest BCUT2D eigenvalue weighted by Gasteiger charge is 2.28. The number of carbonyl (C=O) groups excluding carboxylic acids is 2. The van der Waals surface area contributed by atoms with Crippen molar-refractivity contribution in [3.05, 3.63) is 18.2 Å². The predicted molar refractivity (Wildman–Crippen MR) is 91.6 cm³/mol. The number of methoxy groups -OCH3 is 2. The first-order chi connectivity index (χ1) is 11.5. The second-order valence-electron chi connectivity index (χ2n) is 5.99. The molecule has 0 radical (unpaired) electrons. The molecule has 0 bridgehead atoms. The molecule has 7 nitrogen and oxygen atoms in total. The molecule has 7 heteroatoms. The Morgan fingerprint density at radius 3 is 2.38 bits per heavy atom. The van der Waals surface area contributed by atoms with Crippen LogP contribution in [0.5, 0.6) is 11.5 Å². The van der Waals surface area contributed by atoms with E-state index in [2.05, 4.69) is 5.32 Å². The smallest absolute Gasteiger partial charge is 0.319 e. The van der Waals surface area contributed by atoms with E-state index in [9.17, 15) is 9.59 Å². The zero-order chi connectivity index (χ0) is 17.7. The number of anilines is 1. The van der Waals surface area contributed by atoms with Gasteiger partial charge < -0.3 is 24.6 Å². The van der Waals surface area contributed by atoms with Gasteiger partial charge in [0.05, 0.1) is 19.9 Å². The molecule has 1 N–H and O–H groups in total. The lowest BCUT2D eigenvalue weighted by molar-refractivity contribution is -0.121. The number of piperidine rings is 1. The fourth-order valence-corrected chi connectivity index (χ4v) is 2.76. The van der Waals surface area contributed by atoms with Crippen molar-refractivity contribution in [3.63, 3.8) is 0 Å². The topological polar surface area (TPSA) is 71.1 Å². The molecule has 1 heterocycles. The predicted octanol–water partition coefficient (Wildman–Crippen LogP) is 2.04. The Bertz CT molecular complexity index is 595. The van der Waals surface area contributed by atoms with Gasteiger partial charge >= 0.3 is 6.03 Å². The van der Waals surface area contributed by atoms with Gasteiger partial charge in [-0.1, -0.05) is 0 Å². The molecule has 0 atom stereocenters. The average molecular weight is 335 g/mol. The zero-order valence-electron chi connectivity index (χ0n) is 14.7. The van der Waals surface area contributed by atoms with Crippen molar-refractivity contribution in [2.45, 2.75) is 12.8 Å². The van der Waals surface area contributed by atoms with Crippen LogP contribution in [-0.2, 0) is 4.79 Å². The third-order valence-corrected chi connectivity index (χ3v) is 4.18. The lowest BCUT2D eigenvalue weighted by Crippen LogP contribution is -2.45. The summed E-state index contributed by atoms with van der Waals surface area (Å²) in [6, 6.07) is 5.26. The monoisotopic (exact) mass is 335 g/mol. The summed E-state index contributed by atoms with van der Waals surface area (Å²) in [5.41, 5.74) is 0.591. The van der Waals surface area contributed by atoms with Crippen LogP contribution < -0.4 is 14.8 Å². The Hall–Kier alpha value is -2.44. The van der Waals surface area contributed by atoms with Crippen molar-refractivity contribution in [1.82, 2.24) is 9.80 Å². The molecule has 1 aromatic rings. The maximum Gasteiger partial charge on any atom is 0.319 e. The van der Waals surface area contributed by atoms with Crippen LogP contribution in [0.1, 0.15) is 12.8 Å². The van der Waals surface area contributed by atoms with Crippen molar-refractivity contribution in [2.24, 2.45) is 5.92 Å². The minimum atomic E-state index is -0.118. The van der Waals surface area contributed by atoms with Crippen molar-refractivity contribution >= 4 is 17.6 Å². The molecular weight excluding hydrogens is 310 g/mol. The Morgan fingerprint density at radius 2 is 1.83 bits per heavy atom. The van der Waals surface area contributed by atoms with Gasteiger partial charge in [0, 0.05) is 39.2 Å². The minimum absolute atomic E-state index is 0.0108. The summed E-state index contributed by atoms with van der Waals surface area (Å²) in [6.45, 7) is 1.18. The van der Waals surface area contributed by atoms with Gasteiger partial charge in [-0.05, 0) is 25.0 Å². The highest BCUT2D eigenvalue weighted by molar-refractivity contribution is 5.94. The highest BCUT2D eigenvalue weighted by atomic mass is 16.5. The molecule has 1 aromatic carbocycles. The van der Waals surface area contributed by atoms with Crippen molar-refractivity contribution in [1.29, 1.82) is 0 Å². The number of amides is 3. The van der Waals surface area contributed by atoms with Gasteiger partial charge in [-0.25, -0.2) is 4.79 Å². The number of hydrogen-bond donors (Lipinski definition) is 1. The molecule has 0 spiro atoms. The first-order valence-electron chi connectivity index (χ1n) is 7.95. The number of nitrogens with zero attached hydrogens (tertiary/aromatic N) is 2. The third-order valence-electron chi connectivity index (χ3n) is 4.18. The number of likely N-dealkylation sites (tertiary alicyclic amines) is 1. The Morgan fingerprint density at radius 1 is 1.17 bits per heavy atom. The van der Waals surface area contributed by atoms with Crippen LogP contribution >= 0.6 is 0 Å². The van der Waals surface area contributed by atoms with E-state index in [-0.39, 0.29) is 17.9 Å². The van der Waals surface area contributed by atoms with Gasteiger partial charge in [-0.3, -0.25) is 4.79 Å². The van der Waals surface area contributed by atoms with Gasteiger partial charge in [-0.15, -0.1) is 0 Å². The van der Waals surface area contributed by atoms with Gasteiger partial charge in [-0.2, -0.15) is 0 Å². The Balaban J connectivity index is 1.98.